The van der Waals surface area contributed by atoms with Crippen LogP contribution in [0.3, 0.4) is 0 Å². The van der Waals surface area contributed by atoms with Gasteiger partial charge in [-0.15, -0.1) is 5.10 Å². The van der Waals surface area contributed by atoms with Crippen molar-refractivity contribution < 1.29 is 13.9 Å². The molecular weight excluding hydrogens is 320 g/mol. The van der Waals surface area contributed by atoms with Crippen LogP contribution in [-0.2, 0) is 9.53 Å². The number of aromatic nitrogens is 2. The zero-order valence-electron chi connectivity index (χ0n) is 15.1. The molecule has 138 valence electrons. The number of hydrogen-bond acceptors (Lipinski definition) is 6. The van der Waals surface area contributed by atoms with Crippen LogP contribution in [0.5, 0.6) is 0 Å². The highest BCUT2D eigenvalue weighted by atomic mass is 16.5. The van der Waals surface area contributed by atoms with Gasteiger partial charge in [0.1, 0.15) is 0 Å². The molecule has 0 bridgehead atoms. The fourth-order valence-corrected chi connectivity index (χ4v) is 4.39. The maximum Gasteiger partial charge on any atom is 0.318 e. The first-order chi connectivity index (χ1) is 12.2. The average molecular weight is 348 g/mol. The number of amides is 1. The van der Waals surface area contributed by atoms with Crippen molar-refractivity contribution in [3.8, 4) is 0 Å². The number of hydrogen-bond donors (Lipinski definition) is 0. The Kier molecular flexibility index (Phi) is 4.67. The number of carbonyl (C=O) groups is 1. The van der Waals surface area contributed by atoms with E-state index < -0.39 is 0 Å². The average Bonchev–Trinajstić information content (AvgIpc) is 3.04. The maximum absolute atomic E-state index is 12.2. The number of ether oxygens (including phenoxy) is 1. The first-order valence-corrected chi connectivity index (χ1v) is 9.54. The molecule has 1 aromatic rings. The van der Waals surface area contributed by atoms with Gasteiger partial charge in [-0.3, -0.25) is 4.79 Å². The number of likely N-dealkylation sites (tertiary alicyclic amines) is 1. The van der Waals surface area contributed by atoms with Gasteiger partial charge >= 0.3 is 6.01 Å². The lowest BCUT2D eigenvalue weighted by atomic mass is 9.73. The highest BCUT2D eigenvalue weighted by Crippen LogP contribution is 2.41. The van der Waals surface area contributed by atoms with E-state index in [1.165, 1.54) is 19.3 Å². The van der Waals surface area contributed by atoms with Crippen LogP contribution in [0.2, 0.25) is 0 Å². The predicted octanol–water partition coefficient (Wildman–Crippen LogP) is 2.19. The molecule has 2 aliphatic heterocycles. The van der Waals surface area contributed by atoms with Gasteiger partial charge in [-0.25, -0.2) is 0 Å². The van der Waals surface area contributed by atoms with E-state index in [1.54, 1.807) is 7.11 Å². The van der Waals surface area contributed by atoms with Crippen molar-refractivity contribution in [1.82, 2.24) is 15.1 Å². The van der Waals surface area contributed by atoms with Crippen LogP contribution in [0.25, 0.3) is 0 Å². The second kappa shape index (κ2) is 6.94. The number of carbonyl (C=O) groups excluding carboxylic acids is 1. The van der Waals surface area contributed by atoms with Crippen molar-refractivity contribution in [3.63, 3.8) is 0 Å². The zero-order chi connectivity index (χ0) is 17.3. The van der Waals surface area contributed by atoms with E-state index in [-0.39, 0.29) is 11.3 Å². The number of methoxy groups -OCH3 is 1. The summed E-state index contributed by atoms with van der Waals surface area (Å²) in [7, 11) is 1.68. The van der Waals surface area contributed by atoms with Gasteiger partial charge in [0, 0.05) is 51.0 Å². The number of piperidine rings is 2. The molecular formula is C18H28N4O3. The summed E-state index contributed by atoms with van der Waals surface area (Å²) in [4.78, 5) is 16.4. The molecule has 3 heterocycles. The summed E-state index contributed by atoms with van der Waals surface area (Å²) in [6.45, 7) is 3.95. The van der Waals surface area contributed by atoms with Crippen LogP contribution >= 0.6 is 0 Å². The summed E-state index contributed by atoms with van der Waals surface area (Å²) in [5.41, 5.74) is 0.144. The maximum atomic E-state index is 12.2. The highest BCUT2D eigenvalue weighted by molar-refractivity contribution is 5.77. The molecule has 1 amide bonds. The summed E-state index contributed by atoms with van der Waals surface area (Å²) < 4.78 is 11.1. The molecule has 7 heteroatoms. The second-order valence-corrected chi connectivity index (χ2v) is 7.88. The molecule has 0 N–H and O–H groups in total. The first kappa shape index (κ1) is 16.8. The summed E-state index contributed by atoms with van der Waals surface area (Å²) in [5, 5.41) is 8.59. The Labute approximate surface area is 148 Å². The van der Waals surface area contributed by atoms with Crippen molar-refractivity contribution in [1.29, 1.82) is 0 Å². The fraction of sp³-hybridized carbons (Fsp3) is 0.833. The van der Waals surface area contributed by atoms with Gasteiger partial charge in [0.15, 0.2) is 0 Å². The van der Waals surface area contributed by atoms with Crippen LogP contribution in [0.15, 0.2) is 4.42 Å². The minimum atomic E-state index is 0.144. The van der Waals surface area contributed by atoms with Gasteiger partial charge in [0.2, 0.25) is 11.8 Å². The summed E-state index contributed by atoms with van der Waals surface area (Å²) >= 11 is 0. The van der Waals surface area contributed by atoms with Crippen LogP contribution in [-0.4, -0.2) is 60.9 Å². The fourth-order valence-electron chi connectivity index (χ4n) is 4.39. The van der Waals surface area contributed by atoms with Crippen LogP contribution in [0, 0.1) is 5.41 Å². The van der Waals surface area contributed by atoms with E-state index in [2.05, 4.69) is 15.1 Å². The minimum absolute atomic E-state index is 0.144. The Morgan fingerprint density at radius 1 is 1.24 bits per heavy atom. The van der Waals surface area contributed by atoms with E-state index in [0.29, 0.717) is 31.5 Å². The van der Waals surface area contributed by atoms with Crippen LogP contribution < -0.4 is 4.90 Å². The lowest BCUT2D eigenvalue weighted by molar-refractivity contribution is -0.138. The lowest BCUT2D eigenvalue weighted by Crippen LogP contribution is -2.54. The Balaban J connectivity index is 1.44. The molecule has 3 fully saturated rings. The Morgan fingerprint density at radius 3 is 2.88 bits per heavy atom. The van der Waals surface area contributed by atoms with Crippen molar-refractivity contribution in [2.45, 2.75) is 50.9 Å². The van der Waals surface area contributed by atoms with E-state index in [4.69, 9.17) is 9.15 Å². The third-order valence-electron chi connectivity index (χ3n) is 6.13. The smallest absolute Gasteiger partial charge is 0.318 e. The number of nitrogens with zero attached hydrogens (tertiary/aromatic N) is 4. The van der Waals surface area contributed by atoms with Gasteiger partial charge in [0.25, 0.3) is 0 Å². The molecule has 1 saturated carbocycles. The molecule has 4 rings (SSSR count). The Morgan fingerprint density at radius 2 is 2.12 bits per heavy atom. The Bertz CT molecular complexity index is 615. The Hall–Kier alpha value is -1.63. The predicted molar refractivity (Wildman–Crippen MR) is 92.5 cm³/mol. The molecule has 1 aliphatic carbocycles. The third kappa shape index (κ3) is 3.38. The number of anilines is 1. The van der Waals surface area contributed by atoms with Gasteiger partial charge in [-0.1, -0.05) is 11.5 Å². The molecule has 0 aromatic carbocycles. The van der Waals surface area contributed by atoms with Gasteiger partial charge in [0.05, 0.1) is 6.61 Å². The molecule has 7 nitrogen and oxygen atoms in total. The van der Waals surface area contributed by atoms with Crippen molar-refractivity contribution in [2.24, 2.45) is 5.41 Å². The monoisotopic (exact) mass is 348 g/mol. The summed E-state index contributed by atoms with van der Waals surface area (Å²) in [6, 6.07) is 0.668. The van der Waals surface area contributed by atoms with E-state index in [0.717, 1.165) is 44.8 Å². The zero-order valence-corrected chi connectivity index (χ0v) is 15.1. The molecule has 1 atom stereocenters. The topological polar surface area (TPSA) is 71.7 Å². The summed E-state index contributed by atoms with van der Waals surface area (Å²) in [5.74, 6) is 1.53. The number of rotatable bonds is 5. The quantitative estimate of drug-likeness (QED) is 0.812. The lowest BCUT2D eigenvalue weighted by Gasteiger charge is -2.47. The third-order valence-corrected chi connectivity index (χ3v) is 6.13. The van der Waals surface area contributed by atoms with Crippen molar-refractivity contribution >= 4 is 11.9 Å². The second-order valence-electron chi connectivity index (χ2n) is 7.88. The minimum Gasteiger partial charge on any atom is -0.408 e. The molecule has 1 spiro atoms. The SMILES string of the molecule is COCCN1CC2(CCCN(c3nnc(C4CCC4)o3)C2)CCC1=O. The summed E-state index contributed by atoms with van der Waals surface area (Å²) in [6.07, 6.45) is 7.45. The van der Waals surface area contributed by atoms with Crippen LogP contribution in [0.1, 0.15) is 56.8 Å². The molecule has 1 unspecified atom stereocenters. The van der Waals surface area contributed by atoms with Gasteiger partial charge < -0.3 is 19.0 Å². The largest absolute Gasteiger partial charge is 0.408 e. The molecule has 0 radical (unpaired) electrons. The molecule has 2 saturated heterocycles. The molecule has 25 heavy (non-hydrogen) atoms. The standard InChI is InChI=1S/C18H28N4O3/c1-24-11-10-21-12-18(8-6-15(21)23)7-3-9-22(13-18)17-20-19-16(25-17)14-4-2-5-14/h14H,2-13H2,1H3. The van der Waals surface area contributed by atoms with Crippen molar-refractivity contribution in [3.05, 3.63) is 5.89 Å². The van der Waals surface area contributed by atoms with Gasteiger partial charge in [-0.2, -0.15) is 0 Å². The normalized spacial score (nSPS) is 27.8. The van der Waals surface area contributed by atoms with Gasteiger partial charge in [-0.05, 0) is 32.1 Å². The van der Waals surface area contributed by atoms with E-state index >= 15 is 0 Å². The molecule has 3 aliphatic rings. The van der Waals surface area contributed by atoms with Crippen LogP contribution in [0.4, 0.5) is 6.01 Å². The van der Waals surface area contributed by atoms with E-state index in [9.17, 15) is 4.79 Å². The van der Waals surface area contributed by atoms with E-state index in [1.807, 2.05) is 4.90 Å². The molecule has 1 aromatic heterocycles. The first-order valence-electron chi connectivity index (χ1n) is 9.54. The highest BCUT2D eigenvalue weighted by Gasteiger charge is 2.42. The van der Waals surface area contributed by atoms with Crippen molar-refractivity contribution in [2.75, 3.05) is 44.8 Å².